The van der Waals surface area contributed by atoms with Crippen molar-refractivity contribution in [1.29, 1.82) is 0 Å². The number of sulfonamides is 1. The van der Waals surface area contributed by atoms with Crippen LogP contribution < -0.4 is 14.5 Å². The number of rotatable bonds is 10. The van der Waals surface area contributed by atoms with Gasteiger partial charge in [-0.1, -0.05) is 66.2 Å². The molecule has 0 aliphatic heterocycles. The van der Waals surface area contributed by atoms with Crippen molar-refractivity contribution in [2.75, 3.05) is 31.5 Å². The molecule has 6 nitrogen and oxygen atoms in total. The van der Waals surface area contributed by atoms with Crippen LogP contribution in [0.4, 0.5) is 5.69 Å². The zero-order chi connectivity index (χ0) is 23.8. The largest absolute Gasteiger partial charge is 0.350 e. The zero-order valence-corrected chi connectivity index (χ0v) is 20.2. The van der Waals surface area contributed by atoms with Crippen molar-refractivity contribution in [1.82, 2.24) is 5.32 Å². The first-order chi connectivity index (χ1) is 15.8. The van der Waals surface area contributed by atoms with E-state index < -0.39 is 10.0 Å². The molecule has 0 saturated carbocycles. The fourth-order valence-corrected chi connectivity index (χ4v) is 5.13. The Kier molecular flexibility index (Phi) is 8.25. The van der Waals surface area contributed by atoms with Gasteiger partial charge >= 0.3 is 0 Å². The molecular formula is C26H32N3O3S+. The minimum absolute atomic E-state index is 0.0525. The van der Waals surface area contributed by atoms with Crippen LogP contribution in [0.25, 0.3) is 0 Å². The first-order valence-corrected chi connectivity index (χ1v) is 12.5. The topological polar surface area (TPSA) is 70.9 Å². The van der Waals surface area contributed by atoms with Crippen molar-refractivity contribution in [2.45, 2.75) is 24.3 Å². The molecule has 0 fully saturated rings. The lowest BCUT2D eigenvalue weighted by Crippen LogP contribution is -3.07. The van der Waals surface area contributed by atoms with Gasteiger partial charge < -0.3 is 10.2 Å². The van der Waals surface area contributed by atoms with Crippen LogP contribution in [-0.4, -0.2) is 41.5 Å². The van der Waals surface area contributed by atoms with Crippen molar-refractivity contribution in [2.24, 2.45) is 0 Å². The minimum atomic E-state index is -3.81. The second-order valence-electron chi connectivity index (χ2n) is 8.32. The highest BCUT2D eigenvalue weighted by molar-refractivity contribution is 7.92. The molecule has 0 radical (unpaired) electrons. The number of aryl methyl sites for hydroxylation is 1. The number of benzene rings is 3. The smallest absolute Gasteiger partial charge is 0.264 e. The lowest BCUT2D eigenvalue weighted by molar-refractivity contribution is -0.890. The molecule has 0 aromatic heterocycles. The van der Waals surface area contributed by atoms with Gasteiger partial charge in [-0.15, -0.1) is 0 Å². The quantitative estimate of drug-likeness (QED) is 0.483. The van der Waals surface area contributed by atoms with Gasteiger partial charge in [0, 0.05) is 18.5 Å². The maximum Gasteiger partial charge on any atom is 0.264 e. The van der Waals surface area contributed by atoms with Crippen LogP contribution in [0, 0.1) is 6.92 Å². The highest BCUT2D eigenvalue weighted by Gasteiger charge is 2.26. The number of anilines is 1. The summed E-state index contributed by atoms with van der Waals surface area (Å²) in [6, 6.07) is 25.8. The Hall–Kier alpha value is -3.16. The normalized spacial score (nSPS) is 12.4. The standard InChI is InChI=1S/C26H31N3O3S/c1-21-14-16-24(17-15-21)33(31,32)29(23-12-8-5-9-13-23)19-18-26(30)27-20-25(28(2)3)22-10-6-4-7-11-22/h4-17,25H,18-20H2,1-3H3,(H,27,30)/p+1/t25-/m1/s1. The first-order valence-electron chi connectivity index (χ1n) is 11.0. The number of likely N-dealkylation sites (N-methyl/N-ethyl adjacent to an activating group) is 1. The SMILES string of the molecule is Cc1ccc(S(=O)(=O)N(CCC(=O)NC[C@H](c2ccccc2)[NH+](C)C)c2ccccc2)cc1. The molecule has 0 unspecified atom stereocenters. The number of carbonyl (C=O) groups excluding carboxylic acids is 1. The summed E-state index contributed by atoms with van der Waals surface area (Å²) in [4.78, 5) is 14.1. The van der Waals surface area contributed by atoms with Crippen LogP contribution in [0.2, 0.25) is 0 Å². The fourth-order valence-electron chi connectivity index (χ4n) is 3.67. The van der Waals surface area contributed by atoms with Crippen LogP contribution in [-0.2, 0) is 14.8 Å². The number of para-hydroxylation sites is 1. The van der Waals surface area contributed by atoms with Crippen molar-refractivity contribution >= 4 is 21.6 Å². The Morgan fingerprint density at radius 2 is 1.48 bits per heavy atom. The summed E-state index contributed by atoms with van der Waals surface area (Å²) in [5.41, 5.74) is 2.66. The highest BCUT2D eigenvalue weighted by Crippen LogP contribution is 2.24. The Morgan fingerprint density at radius 1 is 0.909 bits per heavy atom. The average Bonchev–Trinajstić information content (AvgIpc) is 2.80. The van der Waals surface area contributed by atoms with Gasteiger partial charge in [0.05, 0.1) is 31.2 Å². The van der Waals surface area contributed by atoms with Crippen molar-refractivity contribution in [3.63, 3.8) is 0 Å². The molecule has 1 atom stereocenters. The lowest BCUT2D eigenvalue weighted by Gasteiger charge is -2.25. The summed E-state index contributed by atoms with van der Waals surface area (Å²) in [5, 5.41) is 2.99. The molecule has 3 aromatic rings. The van der Waals surface area contributed by atoms with Gasteiger partial charge in [0.1, 0.15) is 6.04 Å². The third kappa shape index (κ3) is 6.43. The summed E-state index contributed by atoms with van der Waals surface area (Å²) in [7, 11) is 0.296. The first kappa shape index (κ1) is 24.5. The van der Waals surface area contributed by atoms with Crippen LogP contribution in [0.3, 0.4) is 0 Å². The monoisotopic (exact) mass is 466 g/mol. The summed E-state index contributed by atoms with van der Waals surface area (Å²) in [6.07, 6.45) is 0.0598. The van der Waals surface area contributed by atoms with Crippen LogP contribution in [0.5, 0.6) is 0 Å². The average molecular weight is 467 g/mol. The Morgan fingerprint density at radius 3 is 2.06 bits per heavy atom. The fraction of sp³-hybridized carbons (Fsp3) is 0.269. The second-order valence-corrected chi connectivity index (χ2v) is 10.2. The van der Waals surface area contributed by atoms with Crippen molar-refractivity contribution in [3.8, 4) is 0 Å². The van der Waals surface area contributed by atoms with E-state index in [2.05, 4.69) is 31.5 Å². The molecule has 0 aliphatic rings. The number of nitrogens with one attached hydrogen (secondary N) is 2. The molecule has 33 heavy (non-hydrogen) atoms. The number of quaternary nitrogens is 1. The summed E-state index contributed by atoms with van der Waals surface area (Å²) < 4.78 is 28.1. The lowest BCUT2D eigenvalue weighted by atomic mass is 10.1. The maximum absolute atomic E-state index is 13.4. The number of amides is 1. The van der Waals surface area contributed by atoms with E-state index in [-0.39, 0.29) is 29.8 Å². The molecule has 3 aromatic carbocycles. The van der Waals surface area contributed by atoms with E-state index in [4.69, 9.17) is 0 Å². The van der Waals surface area contributed by atoms with Gasteiger partial charge in [-0.3, -0.25) is 9.10 Å². The Labute approximate surface area is 196 Å². The molecule has 1 amide bonds. The molecule has 0 heterocycles. The molecular weight excluding hydrogens is 434 g/mol. The van der Waals surface area contributed by atoms with Gasteiger partial charge in [-0.05, 0) is 31.2 Å². The van der Waals surface area contributed by atoms with Crippen LogP contribution in [0.15, 0.2) is 89.8 Å². The summed E-state index contributed by atoms with van der Waals surface area (Å²) in [6.45, 7) is 2.44. The van der Waals surface area contributed by atoms with E-state index in [1.54, 1.807) is 48.5 Å². The van der Waals surface area contributed by atoms with Gasteiger partial charge in [0.15, 0.2) is 0 Å². The predicted molar refractivity (Wildman–Crippen MR) is 132 cm³/mol. The number of carbonyl (C=O) groups is 1. The van der Waals surface area contributed by atoms with Gasteiger partial charge in [0.25, 0.3) is 10.0 Å². The molecule has 0 aliphatic carbocycles. The van der Waals surface area contributed by atoms with E-state index in [0.717, 1.165) is 11.1 Å². The summed E-state index contributed by atoms with van der Waals surface area (Å²) in [5.74, 6) is -0.183. The van der Waals surface area contributed by atoms with E-state index in [0.29, 0.717) is 12.2 Å². The third-order valence-electron chi connectivity index (χ3n) is 5.60. The Balaban J connectivity index is 1.72. The van der Waals surface area contributed by atoms with E-state index in [9.17, 15) is 13.2 Å². The molecule has 174 valence electrons. The third-order valence-corrected chi connectivity index (χ3v) is 7.44. The van der Waals surface area contributed by atoms with Gasteiger partial charge in [-0.2, -0.15) is 0 Å². The van der Waals surface area contributed by atoms with E-state index >= 15 is 0 Å². The van der Waals surface area contributed by atoms with Crippen molar-refractivity contribution in [3.05, 3.63) is 96.1 Å². The molecule has 0 bridgehead atoms. The van der Waals surface area contributed by atoms with Crippen LogP contribution >= 0.6 is 0 Å². The van der Waals surface area contributed by atoms with Crippen molar-refractivity contribution < 1.29 is 18.1 Å². The van der Waals surface area contributed by atoms with Gasteiger partial charge in [0.2, 0.25) is 5.91 Å². The predicted octanol–water partition coefficient (Wildman–Crippen LogP) is 2.58. The summed E-state index contributed by atoms with van der Waals surface area (Å²) >= 11 is 0. The second kappa shape index (κ2) is 11.1. The molecule has 0 saturated heterocycles. The van der Waals surface area contributed by atoms with E-state index in [1.807, 2.05) is 31.2 Å². The molecule has 2 N–H and O–H groups in total. The van der Waals surface area contributed by atoms with E-state index in [1.165, 1.54) is 9.21 Å². The molecule has 7 heteroatoms. The maximum atomic E-state index is 13.4. The number of nitrogens with zero attached hydrogens (tertiary/aromatic N) is 1. The molecule has 3 rings (SSSR count). The van der Waals surface area contributed by atoms with Gasteiger partial charge in [-0.25, -0.2) is 8.42 Å². The molecule has 0 spiro atoms. The number of hydrogen-bond donors (Lipinski definition) is 2. The van der Waals surface area contributed by atoms with Crippen LogP contribution in [0.1, 0.15) is 23.6 Å². The minimum Gasteiger partial charge on any atom is -0.350 e. The highest BCUT2D eigenvalue weighted by atomic mass is 32.2. The Bertz CT molecular complexity index is 1130. The zero-order valence-electron chi connectivity index (χ0n) is 19.4. The number of hydrogen-bond acceptors (Lipinski definition) is 3.